The van der Waals surface area contributed by atoms with Gasteiger partial charge in [0.05, 0.1) is 18.9 Å². The van der Waals surface area contributed by atoms with Crippen LogP contribution in [-0.2, 0) is 9.53 Å². The molecular weight excluding hydrogens is 210 g/mol. The molecular formula is C11H25NO2S. The first-order chi connectivity index (χ1) is 6.88. The van der Waals surface area contributed by atoms with Gasteiger partial charge in [0.25, 0.3) is 0 Å². The second kappa shape index (κ2) is 9.04. The number of methoxy groups -OCH3 is 1. The van der Waals surface area contributed by atoms with Crippen molar-refractivity contribution in [2.45, 2.75) is 46.4 Å². The Kier molecular flexibility index (Phi) is 10.4. The van der Waals surface area contributed by atoms with Crippen LogP contribution < -0.4 is 5.73 Å². The fourth-order valence-electron chi connectivity index (χ4n) is 0.621. The van der Waals surface area contributed by atoms with Gasteiger partial charge in [-0.15, -0.1) is 11.8 Å². The minimum Gasteiger partial charge on any atom is -0.469 e. The van der Waals surface area contributed by atoms with Crippen LogP contribution in [0.4, 0.5) is 0 Å². The third-order valence-corrected chi connectivity index (χ3v) is 3.19. The Labute approximate surface area is 98.1 Å². The van der Waals surface area contributed by atoms with E-state index in [0.717, 1.165) is 5.75 Å². The Morgan fingerprint density at radius 2 is 1.87 bits per heavy atom. The van der Waals surface area contributed by atoms with Crippen molar-refractivity contribution in [1.29, 1.82) is 0 Å². The molecule has 3 nitrogen and oxygen atoms in total. The fraction of sp³-hybridized carbons (Fsp3) is 0.909. The summed E-state index contributed by atoms with van der Waals surface area (Å²) in [6.45, 7) is 10.3. The lowest BCUT2D eigenvalue weighted by molar-refractivity contribution is -0.140. The van der Waals surface area contributed by atoms with Crippen molar-refractivity contribution in [2.75, 3.05) is 12.9 Å². The van der Waals surface area contributed by atoms with Gasteiger partial charge in [0, 0.05) is 5.75 Å². The van der Waals surface area contributed by atoms with E-state index in [0.29, 0.717) is 6.42 Å². The van der Waals surface area contributed by atoms with E-state index < -0.39 is 0 Å². The number of hydrogen-bond acceptors (Lipinski definition) is 4. The summed E-state index contributed by atoms with van der Waals surface area (Å²) in [7, 11) is 1.40. The molecule has 1 atom stereocenters. The summed E-state index contributed by atoms with van der Waals surface area (Å²) < 4.78 is 4.52. The molecule has 0 aliphatic carbocycles. The van der Waals surface area contributed by atoms with Crippen LogP contribution in [0.15, 0.2) is 0 Å². The molecule has 0 aliphatic rings. The fourth-order valence-corrected chi connectivity index (χ4v) is 1.66. The molecule has 0 radical (unpaired) electrons. The first-order valence-electron chi connectivity index (χ1n) is 5.32. The molecule has 15 heavy (non-hydrogen) atoms. The topological polar surface area (TPSA) is 52.3 Å². The molecule has 0 aromatic rings. The smallest absolute Gasteiger partial charge is 0.306 e. The predicted molar refractivity (Wildman–Crippen MR) is 67.9 cm³/mol. The van der Waals surface area contributed by atoms with Crippen LogP contribution in [0.3, 0.4) is 0 Å². The molecule has 0 rings (SSSR count). The maximum absolute atomic E-state index is 10.8. The van der Waals surface area contributed by atoms with E-state index in [1.807, 2.05) is 13.8 Å². The lowest BCUT2D eigenvalue weighted by Crippen LogP contribution is -2.32. The van der Waals surface area contributed by atoms with Crippen LogP contribution in [0.2, 0.25) is 0 Å². The van der Waals surface area contributed by atoms with Crippen LogP contribution in [-0.4, -0.2) is 24.2 Å². The van der Waals surface area contributed by atoms with E-state index in [1.165, 1.54) is 7.11 Å². The average Bonchev–Trinajstić information content (AvgIpc) is 2.19. The van der Waals surface area contributed by atoms with Crippen molar-refractivity contribution in [1.82, 2.24) is 0 Å². The van der Waals surface area contributed by atoms with Crippen LogP contribution in [0, 0.1) is 5.41 Å². The van der Waals surface area contributed by atoms with E-state index in [-0.39, 0.29) is 16.8 Å². The summed E-state index contributed by atoms with van der Waals surface area (Å²) >= 11 is 1.60. The van der Waals surface area contributed by atoms with E-state index in [4.69, 9.17) is 5.73 Å². The zero-order valence-corrected chi connectivity index (χ0v) is 11.6. The largest absolute Gasteiger partial charge is 0.469 e. The number of carbonyl (C=O) groups is 1. The molecule has 0 fully saturated rings. The second-order valence-electron chi connectivity index (χ2n) is 3.98. The van der Waals surface area contributed by atoms with Crippen molar-refractivity contribution in [2.24, 2.45) is 11.1 Å². The lowest BCUT2D eigenvalue weighted by atomic mass is 9.97. The van der Waals surface area contributed by atoms with Crippen LogP contribution in [0.5, 0.6) is 0 Å². The lowest BCUT2D eigenvalue weighted by Gasteiger charge is -2.26. The predicted octanol–water partition coefficient (Wildman–Crippen LogP) is 2.64. The first-order valence-corrected chi connectivity index (χ1v) is 6.37. The van der Waals surface area contributed by atoms with Gasteiger partial charge >= 0.3 is 5.97 Å². The molecule has 92 valence electrons. The summed E-state index contributed by atoms with van der Waals surface area (Å²) in [5, 5.41) is 0.0668. The molecule has 0 spiro atoms. The maximum atomic E-state index is 10.8. The second-order valence-corrected chi connectivity index (χ2v) is 5.23. The van der Waals surface area contributed by atoms with Gasteiger partial charge in [0.1, 0.15) is 0 Å². The van der Waals surface area contributed by atoms with Gasteiger partial charge in [0.15, 0.2) is 0 Å². The molecule has 0 saturated carbocycles. The van der Waals surface area contributed by atoms with Gasteiger partial charge in [-0.1, -0.05) is 34.6 Å². The summed E-state index contributed by atoms with van der Waals surface area (Å²) in [6, 6.07) is 0. The molecule has 0 bridgehead atoms. The Bertz CT molecular complexity index is 166. The number of ether oxygens (including phenoxy) is 1. The van der Waals surface area contributed by atoms with Gasteiger partial charge in [-0.25, -0.2) is 0 Å². The number of carbonyl (C=O) groups excluding carboxylic acids is 1. The number of rotatable bonds is 4. The zero-order valence-electron chi connectivity index (χ0n) is 10.8. The molecule has 0 heterocycles. The molecule has 0 aromatic heterocycles. The number of thioether (sulfide) groups is 1. The Morgan fingerprint density at radius 3 is 2.20 bits per heavy atom. The Balaban J connectivity index is 0. The molecule has 0 amide bonds. The van der Waals surface area contributed by atoms with Crippen molar-refractivity contribution in [3.8, 4) is 0 Å². The van der Waals surface area contributed by atoms with Crippen LogP contribution >= 0.6 is 11.8 Å². The highest BCUT2D eigenvalue weighted by atomic mass is 32.2. The Morgan fingerprint density at radius 1 is 1.40 bits per heavy atom. The summed E-state index contributed by atoms with van der Waals surface area (Å²) in [4.78, 5) is 10.8. The molecule has 4 heteroatoms. The van der Waals surface area contributed by atoms with Gasteiger partial charge < -0.3 is 10.5 Å². The zero-order chi connectivity index (χ0) is 12.5. The quantitative estimate of drug-likeness (QED) is 0.601. The highest BCUT2D eigenvalue weighted by molar-refractivity contribution is 7.99. The Hall–Kier alpha value is -0.220. The van der Waals surface area contributed by atoms with Crippen molar-refractivity contribution in [3.63, 3.8) is 0 Å². The van der Waals surface area contributed by atoms with Gasteiger partial charge in [-0.2, -0.15) is 0 Å². The minimum atomic E-state index is -0.173. The molecule has 0 aliphatic heterocycles. The van der Waals surface area contributed by atoms with Crippen molar-refractivity contribution in [3.05, 3.63) is 0 Å². The standard InChI is InChI=1S/C9H19NO2S.C2H6/c1-9(2,3)8(10)13-6-5-7(11)12-4;1-2/h8H,5-6,10H2,1-4H3;1-2H3. The average molecular weight is 235 g/mol. The maximum Gasteiger partial charge on any atom is 0.306 e. The van der Waals surface area contributed by atoms with E-state index in [1.54, 1.807) is 11.8 Å². The third kappa shape index (κ3) is 10.1. The van der Waals surface area contributed by atoms with Crippen molar-refractivity contribution >= 4 is 17.7 Å². The van der Waals surface area contributed by atoms with Gasteiger partial charge in [-0.3, -0.25) is 4.79 Å². The summed E-state index contributed by atoms with van der Waals surface area (Å²) in [5.74, 6) is 0.555. The van der Waals surface area contributed by atoms with E-state index >= 15 is 0 Å². The molecule has 2 N–H and O–H groups in total. The van der Waals surface area contributed by atoms with Crippen LogP contribution in [0.1, 0.15) is 41.0 Å². The monoisotopic (exact) mass is 235 g/mol. The number of nitrogens with two attached hydrogens (primary N) is 1. The van der Waals surface area contributed by atoms with Crippen LogP contribution in [0.25, 0.3) is 0 Å². The van der Waals surface area contributed by atoms with Gasteiger partial charge in [-0.05, 0) is 5.41 Å². The minimum absolute atomic E-state index is 0.0668. The van der Waals surface area contributed by atoms with E-state index in [2.05, 4.69) is 25.5 Å². The molecule has 0 aromatic carbocycles. The molecule has 1 unspecified atom stereocenters. The number of esters is 1. The highest BCUT2D eigenvalue weighted by Crippen LogP contribution is 2.26. The normalized spacial score (nSPS) is 12.5. The summed E-state index contributed by atoms with van der Waals surface area (Å²) in [5.41, 5.74) is 5.97. The summed E-state index contributed by atoms with van der Waals surface area (Å²) in [6.07, 6.45) is 0.435. The SMILES string of the molecule is CC.COC(=O)CCSC(N)C(C)(C)C. The van der Waals surface area contributed by atoms with E-state index in [9.17, 15) is 4.79 Å². The highest BCUT2D eigenvalue weighted by Gasteiger charge is 2.20. The first kappa shape index (κ1) is 17.2. The van der Waals surface area contributed by atoms with Crippen molar-refractivity contribution < 1.29 is 9.53 Å². The number of hydrogen-bond donors (Lipinski definition) is 1. The third-order valence-electron chi connectivity index (χ3n) is 1.68. The van der Waals surface area contributed by atoms with Gasteiger partial charge in [0.2, 0.25) is 0 Å². The molecule has 0 saturated heterocycles.